The second-order valence-electron chi connectivity index (χ2n) is 7.09. The summed E-state index contributed by atoms with van der Waals surface area (Å²) in [5, 5.41) is 2.59. The lowest BCUT2D eigenvalue weighted by Crippen LogP contribution is -2.49. The number of ether oxygens (including phenoxy) is 1. The van der Waals surface area contributed by atoms with E-state index in [0.717, 1.165) is 12.8 Å². The zero-order valence-corrected chi connectivity index (χ0v) is 18.1. The number of piperidine rings is 1. The third-order valence-electron chi connectivity index (χ3n) is 3.81. The van der Waals surface area contributed by atoms with Crippen molar-refractivity contribution in [1.82, 2.24) is 14.6 Å². The van der Waals surface area contributed by atoms with Crippen LogP contribution in [-0.4, -0.2) is 48.5 Å². The van der Waals surface area contributed by atoms with E-state index in [1.807, 2.05) is 0 Å². The number of nitrogens with one attached hydrogen (secondary N) is 1. The van der Waals surface area contributed by atoms with Crippen LogP contribution in [0.4, 0.5) is 4.79 Å². The molecule has 1 saturated heterocycles. The molecule has 2 rings (SSSR count). The molecule has 0 saturated carbocycles. The standard InChI is InChI=1S/C16H23BrClN3O4S/c1-16(2,3)25-15(22)20-10-12-6-4-5-7-21(12)26(23,24)13-8-11(17)9-19-14(13)18/h8-9,12H,4-7,10H2,1-3H3,(H,20,22). The summed E-state index contributed by atoms with van der Waals surface area (Å²) >= 11 is 9.25. The normalized spacial score (nSPS) is 19.2. The maximum atomic E-state index is 13.1. The lowest BCUT2D eigenvalue weighted by Gasteiger charge is -2.35. The Morgan fingerprint density at radius 2 is 2.15 bits per heavy atom. The highest BCUT2D eigenvalue weighted by Gasteiger charge is 2.35. The summed E-state index contributed by atoms with van der Waals surface area (Å²) in [5.41, 5.74) is -0.613. The molecule has 0 bridgehead atoms. The Hall–Kier alpha value is -0.900. The van der Waals surface area contributed by atoms with Gasteiger partial charge in [0, 0.05) is 29.8 Å². The Labute approximate surface area is 167 Å². The van der Waals surface area contributed by atoms with Gasteiger partial charge < -0.3 is 10.1 Å². The van der Waals surface area contributed by atoms with Crippen molar-refractivity contribution < 1.29 is 17.9 Å². The average Bonchev–Trinajstić information content (AvgIpc) is 2.53. The summed E-state index contributed by atoms with van der Waals surface area (Å²) < 4.78 is 33.3. The molecule has 1 N–H and O–H groups in total. The first-order chi connectivity index (χ1) is 12.0. The molecule has 0 radical (unpaired) electrons. The van der Waals surface area contributed by atoms with Gasteiger partial charge in [-0.3, -0.25) is 0 Å². The average molecular weight is 469 g/mol. The van der Waals surface area contributed by atoms with E-state index in [9.17, 15) is 13.2 Å². The van der Waals surface area contributed by atoms with Crippen molar-refractivity contribution in [3.8, 4) is 0 Å². The molecule has 0 aromatic carbocycles. The minimum atomic E-state index is -3.83. The summed E-state index contributed by atoms with van der Waals surface area (Å²) in [5.74, 6) is 0. The molecule has 2 heterocycles. The van der Waals surface area contributed by atoms with Gasteiger partial charge in [0.05, 0.1) is 0 Å². The lowest BCUT2D eigenvalue weighted by atomic mass is 10.1. The third-order valence-corrected chi connectivity index (χ3v) is 6.63. The van der Waals surface area contributed by atoms with E-state index >= 15 is 0 Å². The first-order valence-corrected chi connectivity index (χ1v) is 10.9. The van der Waals surface area contributed by atoms with Crippen molar-refractivity contribution in [2.75, 3.05) is 13.1 Å². The molecule has 7 nitrogen and oxygen atoms in total. The molecule has 10 heteroatoms. The molecule has 146 valence electrons. The number of nitrogens with zero attached hydrogens (tertiary/aromatic N) is 2. The van der Waals surface area contributed by atoms with Gasteiger partial charge in [-0.15, -0.1) is 0 Å². The number of alkyl carbamates (subject to hydrolysis) is 1. The number of rotatable bonds is 4. The van der Waals surface area contributed by atoms with E-state index in [4.69, 9.17) is 16.3 Å². The minimum Gasteiger partial charge on any atom is -0.444 e. The molecule has 1 atom stereocenters. The van der Waals surface area contributed by atoms with E-state index in [-0.39, 0.29) is 22.6 Å². The van der Waals surface area contributed by atoms with Crippen molar-refractivity contribution in [3.63, 3.8) is 0 Å². The van der Waals surface area contributed by atoms with Crippen LogP contribution in [0.3, 0.4) is 0 Å². The molecule has 0 spiro atoms. The molecule has 1 aromatic rings. The summed E-state index contributed by atoms with van der Waals surface area (Å²) in [6, 6.07) is 1.08. The summed E-state index contributed by atoms with van der Waals surface area (Å²) in [4.78, 5) is 15.7. The molecule has 1 aliphatic heterocycles. The Morgan fingerprint density at radius 1 is 1.46 bits per heavy atom. The highest BCUT2D eigenvalue weighted by molar-refractivity contribution is 9.10. The quantitative estimate of drug-likeness (QED) is 0.683. The van der Waals surface area contributed by atoms with Crippen LogP contribution in [0, 0.1) is 0 Å². The maximum Gasteiger partial charge on any atom is 0.407 e. The van der Waals surface area contributed by atoms with Crippen molar-refractivity contribution in [3.05, 3.63) is 21.9 Å². The summed E-state index contributed by atoms with van der Waals surface area (Å²) in [6.07, 6.45) is 3.16. The predicted molar refractivity (Wildman–Crippen MR) is 103 cm³/mol. The highest BCUT2D eigenvalue weighted by Crippen LogP contribution is 2.30. The van der Waals surface area contributed by atoms with Crippen molar-refractivity contribution in [2.24, 2.45) is 0 Å². The Balaban J connectivity index is 2.17. The first-order valence-electron chi connectivity index (χ1n) is 8.30. The van der Waals surface area contributed by atoms with Gasteiger partial charge in [0.15, 0.2) is 0 Å². The van der Waals surface area contributed by atoms with E-state index in [0.29, 0.717) is 17.4 Å². The molecule has 26 heavy (non-hydrogen) atoms. The summed E-state index contributed by atoms with van der Waals surface area (Å²) in [7, 11) is -3.83. The molecule has 1 amide bonds. The number of aromatic nitrogens is 1. The van der Waals surface area contributed by atoms with Crippen LogP contribution in [0.2, 0.25) is 5.15 Å². The SMILES string of the molecule is CC(C)(C)OC(=O)NCC1CCCCN1S(=O)(=O)c1cc(Br)cnc1Cl. The van der Waals surface area contributed by atoms with Crippen molar-refractivity contribution >= 4 is 43.6 Å². The zero-order chi connectivity index (χ0) is 19.5. The molecule has 1 aromatic heterocycles. The van der Waals surface area contributed by atoms with Crippen LogP contribution in [0.25, 0.3) is 0 Å². The Morgan fingerprint density at radius 3 is 2.81 bits per heavy atom. The number of carbonyl (C=O) groups is 1. The van der Waals surface area contributed by atoms with E-state index < -0.39 is 21.7 Å². The highest BCUT2D eigenvalue weighted by atomic mass is 79.9. The largest absolute Gasteiger partial charge is 0.444 e. The number of hydrogen-bond donors (Lipinski definition) is 1. The fraction of sp³-hybridized carbons (Fsp3) is 0.625. The molecule has 1 fully saturated rings. The third kappa shape index (κ3) is 5.55. The van der Waals surface area contributed by atoms with Gasteiger partial charge >= 0.3 is 6.09 Å². The van der Waals surface area contributed by atoms with Gasteiger partial charge in [0.25, 0.3) is 0 Å². The molecule has 1 aliphatic rings. The Kier molecular flexibility index (Phi) is 6.92. The van der Waals surface area contributed by atoms with Gasteiger partial charge in [-0.1, -0.05) is 18.0 Å². The van der Waals surface area contributed by atoms with Gasteiger partial charge in [0.1, 0.15) is 15.6 Å². The van der Waals surface area contributed by atoms with Gasteiger partial charge in [-0.25, -0.2) is 18.2 Å². The second kappa shape index (κ2) is 8.41. The Bertz CT molecular complexity index is 767. The van der Waals surface area contributed by atoms with Crippen LogP contribution in [0.5, 0.6) is 0 Å². The van der Waals surface area contributed by atoms with Crippen LogP contribution < -0.4 is 5.32 Å². The zero-order valence-electron chi connectivity index (χ0n) is 15.0. The molecular weight excluding hydrogens is 446 g/mol. The number of sulfonamides is 1. The second-order valence-corrected chi connectivity index (χ2v) is 10.2. The van der Waals surface area contributed by atoms with E-state index in [2.05, 4.69) is 26.2 Å². The fourth-order valence-corrected chi connectivity index (χ4v) is 5.34. The molecule has 0 aliphatic carbocycles. The predicted octanol–water partition coefficient (Wildman–Crippen LogP) is 3.57. The monoisotopic (exact) mass is 467 g/mol. The smallest absolute Gasteiger partial charge is 0.407 e. The van der Waals surface area contributed by atoms with Crippen molar-refractivity contribution in [1.29, 1.82) is 0 Å². The van der Waals surface area contributed by atoms with Gasteiger partial charge in [0.2, 0.25) is 10.0 Å². The minimum absolute atomic E-state index is 0.0438. The van der Waals surface area contributed by atoms with Crippen LogP contribution in [0.1, 0.15) is 40.0 Å². The fourth-order valence-electron chi connectivity index (χ4n) is 2.72. The van der Waals surface area contributed by atoms with Gasteiger partial charge in [-0.05, 0) is 55.6 Å². The topological polar surface area (TPSA) is 88.6 Å². The van der Waals surface area contributed by atoms with E-state index in [1.165, 1.54) is 16.6 Å². The lowest BCUT2D eigenvalue weighted by molar-refractivity contribution is 0.0512. The number of carbonyl (C=O) groups excluding carboxylic acids is 1. The molecule has 1 unspecified atom stereocenters. The van der Waals surface area contributed by atoms with Crippen LogP contribution >= 0.6 is 27.5 Å². The first kappa shape index (κ1) is 21.4. The maximum absolute atomic E-state index is 13.1. The van der Waals surface area contributed by atoms with Gasteiger partial charge in [-0.2, -0.15) is 4.31 Å². The number of hydrogen-bond acceptors (Lipinski definition) is 5. The molecular formula is C16H23BrClN3O4S. The summed E-state index contributed by atoms with van der Waals surface area (Å²) in [6.45, 7) is 5.85. The van der Waals surface area contributed by atoms with E-state index in [1.54, 1.807) is 20.8 Å². The van der Waals surface area contributed by atoms with Crippen LogP contribution in [-0.2, 0) is 14.8 Å². The number of pyridine rings is 1. The number of amides is 1. The van der Waals surface area contributed by atoms with Crippen molar-refractivity contribution in [2.45, 2.75) is 56.6 Å². The number of halogens is 2. The van der Waals surface area contributed by atoms with Crippen LogP contribution in [0.15, 0.2) is 21.6 Å².